The van der Waals surface area contributed by atoms with Crippen LogP contribution in [0.3, 0.4) is 0 Å². The molecule has 2 heterocycles. The first-order valence-corrected chi connectivity index (χ1v) is 8.36. The highest BCUT2D eigenvalue weighted by Crippen LogP contribution is 2.34. The summed E-state index contributed by atoms with van der Waals surface area (Å²) < 4.78 is 44.0. The maximum absolute atomic E-state index is 13.0. The number of carbonyl (C=O) groups excluding carboxylic acids is 3. The second kappa shape index (κ2) is 7.75. The molecule has 2 aromatic rings. The molecule has 0 atom stereocenters. The summed E-state index contributed by atoms with van der Waals surface area (Å²) >= 11 is 0. The number of anilines is 1. The molecule has 10 heteroatoms. The number of benzene rings is 1. The molecule has 1 aliphatic rings. The number of carbonyl (C=O) groups is 3. The van der Waals surface area contributed by atoms with Crippen molar-refractivity contribution in [2.45, 2.75) is 6.18 Å². The monoisotopic (exact) mass is 395 g/mol. The highest BCUT2D eigenvalue weighted by molar-refractivity contribution is 6.39. The minimum absolute atomic E-state index is 0.0830. The van der Waals surface area contributed by atoms with E-state index in [1.54, 1.807) is 6.07 Å². The predicted molar refractivity (Wildman–Crippen MR) is 91.3 cm³/mol. The zero-order valence-electron chi connectivity index (χ0n) is 14.5. The van der Waals surface area contributed by atoms with Crippen molar-refractivity contribution in [3.63, 3.8) is 0 Å². The zero-order valence-corrected chi connectivity index (χ0v) is 14.5. The number of piperazine rings is 1. The van der Waals surface area contributed by atoms with Gasteiger partial charge in [0.25, 0.3) is 5.91 Å². The molecule has 1 aromatic carbocycles. The molecule has 1 aromatic heterocycles. The molecule has 0 radical (unpaired) electrons. The molecule has 0 saturated carbocycles. The molecule has 0 aliphatic carbocycles. The lowest BCUT2D eigenvalue weighted by Gasteiger charge is -2.33. The Kier molecular flexibility index (Phi) is 5.39. The van der Waals surface area contributed by atoms with E-state index in [-0.39, 0.29) is 37.8 Å². The molecule has 28 heavy (non-hydrogen) atoms. The van der Waals surface area contributed by atoms with Gasteiger partial charge in [-0.25, -0.2) is 0 Å². The number of rotatable bonds is 2. The summed E-state index contributed by atoms with van der Waals surface area (Å²) in [5.41, 5.74) is -1.52. The summed E-state index contributed by atoms with van der Waals surface area (Å²) in [5, 5.41) is 2.02. The summed E-state index contributed by atoms with van der Waals surface area (Å²) in [6.07, 6.45) is -3.29. The van der Waals surface area contributed by atoms with Crippen molar-refractivity contribution in [2.24, 2.45) is 0 Å². The van der Waals surface area contributed by atoms with E-state index in [1.807, 2.05) is 5.32 Å². The number of nitrogens with zero attached hydrogens (tertiary/aromatic N) is 2. The minimum atomic E-state index is -4.66. The highest BCUT2D eigenvalue weighted by Gasteiger charge is 2.35. The van der Waals surface area contributed by atoms with Gasteiger partial charge in [0.1, 0.15) is 0 Å². The van der Waals surface area contributed by atoms with Crippen LogP contribution in [-0.2, 0) is 15.8 Å². The van der Waals surface area contributed by atoms with E-state index in [0.29, 0.717) is 0 Å². The Labute approximate surface area is 157 Å². The van der Waals surface area contributed by atoms with Crippen molar-refractivity contribution in [1.82, 2.24) is 9.80 Å². The molecule has 1 N–H and O–H groups in total. The number of furan rings is 1. The summed E-state index contributed by atoms with van der Waals surface area (Å²) in [6.45, 7) is 0.522. The molecule has 3 rings (SSSR count). The summed E-state index contributed by atoms with van der Waals surface area (Å²) in [5.74, 6) is -2.29. The number of para-hydroxylation sites is 1. The van der Waals surface area contributed by atoms with Crippen LogP contribution in [0, 0.1) is 0 Å². The van der Waals surface area contributed by atoms with E-state index in [1.165, 1.54) is 34.3 Å². The lowest BCUT2D eigenvalue weighted by atomic mass is 10.1. The normalized spacial score (nSPS) is 14.7. The van der Waals surface area contributed by atoms with Gasteiger partial charge in [0.15, 0.2) is 5.76 Å². The lowest BCUT2D eigenvalue weighted by molar-refractivity contribution is -0.144. The molecule has 0 spiro atoms. The van der Waals surface area contributed by atoms with Crippen LogP contribution in [0.2, 0.25) is 0 Å². The molecule has 1 aliphatic heterocycles. The number of nitrogens with one attached hydrogen (secondary N) is 1. The molecule has 1 fully saturated rings. The van der Waals surface area contributed by atoms with Crippen LogP contribution in [0.1, 0.15) is 16.1 Å². The quantitative estimate of drug-likeness (QED) is 0.791. The van der Waals surface area contributed by atoms with Gasteiger partial charge >= 0.3 is 18.0 Å². The van der Waals surface area contributed by atoms with Gasteiger partial charge in [0.05, 0.1) is 17.5 Å². The van der Waals surface area contributed by atoms with Gasteiger partial charge in [-0.15, -0.1) is 0 Å². The van der Waals surface area contributed by atoms with E-state index >= 15 is 0 Å². The van der Waals surface area contributed by atoms with Crippen LogP contribution >= 0.6 is 0 Å². The first kappa shape index (κ1) is 19.5. The molecule has 0 unspecified atom stereocenters. The topological polar surface area (TPSA) is 82.9 Å². The third kappa shape index (κ3) is 4.16. The fraction of sp³-hybridized carbons (Fsp3) is 0.278. The lowest BCUT2D eigenvalue weighted by Crippen LogP contribution is -2.53. The Morgan fingerprint density at radius 3 is 2.18 bits per heavy atom. The SMILES string of the molecule is O=C(Nc1ccccc1C(F)(F)F)C(=O)N1CCN(C(=O)c2ccco2)CC1. The Balaban J connectivity index is 1.60. The molecule has 7 nitrogen and oxygen atoms in total. The van der Waals surface area contributed by atoms with Crippen molar-refractivity contribution >= 4 is 23.4 Å². The second-order valence-corrected chi connectivity index (χ2v) is 6.06. The molecule has 1 saturated heterocycles. The fourth-order valence-electron chi connectivity index (χ4n) is 2.83. The van der Waals surface area contributed by atoms with Gasteiger partial charge < -0.3 is 19.5 Å². The Bertz CT molecular complexity index is 872. The third-order valence-corrected chi connectivity index (χ3v) is 4.26. The average Bonchev–Trinajstić information content (AvgIpc) is 3.21. The van der Waals surface area contributed by atoms with Crippen LogP contribution < -0.4 is 5.32 Å². The molecular formula is C18H16F3N3O4. The Hall–Kier alpha value is -3.30. The van der Waals surface area contributed by atoms with E-state index in [4.69, 9.17) is 4.42 Å². The Morgan fingerprint density at radius 2 is 1.57 bits per heavy atom. The van der Waals surface area contributed by atoms with Gasteiger partial charge in [0.2, 0.25) is 0 Å². The molecular weight excluding hydrogens is 379 g/mol. The zero-order chi connectivity index (χ0) is 20.3. The van der Waals surface area contributed by atoms with Gasteiger partial charge in [0, 0.05) is 26.2 Å². The second-order valence-electron chi connectivity index (χ2n) is 6.06. The summed E-state index contributed by atoms with van der Waals surface area (Å²) in [6, 6.07) is 7.51. The van der Waals surface area contributed by atoms with Crippen LogP contribution in [0.25, 0.3) is 0 Å². The molecule has 0 bridgehead atoms. The summed E-state index contributed by atoms with van der Waals surface area (Å²) in [4.78, 5) is 39.3. The number of alkyl halides is 3. The van der Waals surface area contributed by atoms with Crippen molar-refractivity contribution in [2.75, 3.05) is 31.5 Å². The van der Waals surface area contributed by atoms with Gasteiger partial charge in [-0.1, -0.05) is 12.1 Å². The van der Waals surface area contributed by atoms with Gasteiger partial charge in [-0.2, -0.15) is 13.2 Å². The summed E-state index contributed by atoms with van der Waals surface area (Å²) in [7, 11) is 0. The predicted octanol–water partition coefficient (Wildman–Crippen LogP) is 2.22. The largest absolute Gasteiger partial charge is 0.459 e. The maximum atomic E-state index is 13.0. The molecule has 3 amide bonds. The fourth-order valence-corrected chi connectivity index (χ4v) is 2.83. The molecule has 148 valence electrons. The van der Waals surface area contributed by atoms with Crippen molar-refractivity contribution in [1.29, 1.82) is 0 Å². The van der Waals surface area contributed by atoms with E-state index < -0.39 is 29.2 Å². The van der Waals surface area contributed by atoms with Crippen molar-refractivity contribution in [3.05, 3.63) is 54.0 Å². The number of hydrogen-bond acceptors (Lipinski definition) is 4. The third-order valence-electron chi connectivity index (χ3n) is 4.26. The van der Waals surface area contributed by atoms with E-state index in [2.05, 4.69) is 0 Å². The number of hydrogen-bond donors (Lipinski definition) is 1. The van der Waals surface area contributed by atoms with Gasteiger partial charge in [-0.3, -0.25) is 14.4 Å². The van der Waals surface area contributed by atoms with Gasteiger partial charge in [-0.05, 0) is 24.3 Å². The van der Waals surface area contributed by atoms with E-state index in [0.717, 1.165) is 12.1 Å². The Morgan fingerprint density at radius 1 is 0.929 bits per heavy atom. The van der Waals surface area contributed by atoms with Crippen LogP contribution in [0.5, 0.6) is 0 Å². The number of halogens is 3. The first-order chi connectivity index (χ1) is 13.3. The van der Waals surface area contributed by atoms with Crippen LogP contribution in [0.15, 0.2) is 47.1 Å². The number of amides is 3. The standard InChI is InChI=1S/C18H16F3N3O4/c19-18(20,21)12-4-1-2-5-13(12)22-15(25)17(27)24-9-7-23(8-10-24)16(26)14-6-3-11-28-14/h1-6,11H,7-10H2,(H,22,25). The first-order valence-electron chi connectivity index (χ1n) is 8.36. The average molecular weight is 395 g/mol. The maximum Gasteiger partial charge on any atom is 0.418 e. The van der Waals surface area contributed by atoms with Crippen LogP contribution in [0.4, 0.5) is 18.9 Å². The highest BCUT2D eigenvalue weighted by atomic mass is 19.4. The van der Waals surface area contributed by atoms with Crippen molar-refractivity contribution in [3.8, 4) is 0 Å². The smallest absolute Gasteiger partial charge is 0.418 e. The van der Waals surface area contributed by atoms with E-state index in [9.17, 15) is 27.6 Å². The van der Waals surface area contributed by atoms with Crippen LogP contribution in [-0.4, -0.2) is 53.7 Å². The minimum Gasteiger partial charge on any atom is -0.459 e. The van der Waals surface area contributed by atoms with Crippen molar-refractivity contribution < 1.29 is 32.0 Å².